The topological polar surface area (TPSA) is 78.8 Å². The lowest BCUT2D eigenvalue weighted by molar-refractivity contribution is -0.137. The molecule has 0 fully saturated rings. The number of carboxylic acids is 1. The number of carboxylic acid groups (broad SMARTS) is 1. The van der Waals surface area contributed by atoms with Gasteiger partial charge in [-0.2, -0.15) is 0 Å². The lowest BCUT2D eigenvalue weighted by Gasteiger charge is -2.24. The highest BCUT2D eigenvalue weighted by atomic mass is 16.5. The second-order valence-corrected chi connectivity index (χ2v) is 7.35. The number of anilines is 3. The van der Waals surface area contributed by atoms with E-state index in [1.165, 1.54) is 0 Å². The monoisotopic (exact) mass is 420 g/mol. The molecule has 31 heavy (non-hydrogen) atoms. The van der Waals surface area contributed by atoms with Crippen molar-refractivity contribution in [2.24, 2.45) is 0 Å². The van der Waals surface area contributed by atoms with Gasteiger partial charge in [0, 0.05) is 26.7 Å². The predicted molar refractivity (Wildman–Crippen MR) is 122 cm³/mol. The molecule has 1 N–H and O–H groups in total. The van der Waals surface area contributed by atoms with Crippen LogP contribution in [0.15, 0.2) is 67.0 Å². The van der Waals surface area contributed by atoms with E-state index in [0.717, 1.165) is 35.1 Å². The Morgan fingerprint density at radius 2 is 1.81 bits per heavy atom. The van der Waals surface area contributed by atoms with Crippen molar-refractivity contribution in [1.82, 2.24) is 9.97 Å². The van der Waals surface area contributed by atoms with Gasteiger partial charge in [-0.3, -0.25) is 4.79 Å². The Morgan fingerprint density at radius 1 is 1.00 bits per heavy atom. The maximum Gasteiger partial charge on any atom is 0.303 e. The highest BCUT2D eigenvalue weighted by molar-refractivity contribution is 5.66. The maximum absolute atomic E-state index is 10.6. The molecule has 0 aliphatic heterocycles. The summed E-state index contributed by atoms with van der Waals surface area (Å²) in [7, 11) is 3.92. The fourth-order valence-corrected chi connectivity index (χ4v) is 3.14. The average Bonchev–Trinajstić information content (AvgIpc) is 2.78. The van der Waals surface area contributed by atoms with E-state index in [1.54, 1.807) is 6.20 Å². The molecule has 0 atom stereocenters. The number of pyridine rings is 2. The van der Waals surface area contributed by atoms with E-state index >= 15 is 0 Å². The zero-order chi connectivity index (χ0) is 22.1. The Hall–Kier alpha value is -3.61. The maximum atomic E-state index is 10.6. The van der Waals surface area contributed by atoms with Crippen LogP contribution >= 0.6 is 0 Å². The summed E-state index contributed by atoms with van der Waals surface area (Å²) in [6.45, 7) is 1.09. The molecule has 0 amide bonds. The van der Waals surface area contributed by atoms with E-state index < -0.39 is 5.97 Å². The highest BCUT2D eigenvalue weighted by Crippen LogP contribution is 2.24. The Morgan fingerprint density at radius 3 is 2.42 bits per heavy atom. The number of rotatable bonds is 11. The van der Waals surface area contributed by atoms with Gasteiger partial charge >= 0.3 is 5.97 Å². The molecule has 3 aromatic rings. The zero-order valence-electron chi connectivity index (χ0n) is 17.9. The van der Waals surface area contributed by atoms with E-state index in [2.05, 4.69) is 14.9 Å². The molecule has 1 aromatic carbocycles. The van der Waals surface area contributed by atoms with Crippen molar-refractivity contribution in [3.63, 3.8) is 0 Å². The van der Waals surface area contributed by atoms with Crippen molar-refractivity contribution < 1.29 is 14.6 Å². The van der Waals surface area contributed by atoms with Gasteiger partial charge in [0.25, 0.3) is 0 Å². The van der Waals surface area contributed by atoms with Crippen molar-refractivity contribution in [1.29, 1.82) is 0 Å². The number of ether oxygens (including phenoxy) is 1. The number of aromatic nitrogens is 2. The van der Waals surface area contributed by atoms with Gasteiger partial charge in [0.05, 0.1) is 18.4 Å². The Bertz CT molecular complexity index is 945. The molecule has 0 saturated carbocycles. The van der Waals surface area contributed by atoms with Gasteiger partial charge in [0.1, 0.15) is 24.0 Å². The molecule has 162 valence electrons. The molecule has 0 unspecified atom stereocenters. The van der Waals surface area contributed by atoms with Gasteiger partial charge in [-0.1, -0.05) is 18.2 Å². The molecule has 0 radical (unpaired) electrons. The van der Waals surface area contributed by atoms with Crippen LogP contribution in [-0.2, 0) is 11.2 Å². The smallest absolute Gasteiger partial charge is 0.303 e. The predicted octanol–water partition coefficient (Wildman–Crippen LogP) is 4.17. The number of aliphatic carboxylic acids is 1. The first-order chi connectivity index (χ1) is 15.0. The number of nitrogens with zero attached hydrogens (tertiary/aromatic N) is 4. The molecule has 7 nitrogen and oxygen atoms in total. The van der Waals surface area contributed by atoms with E-state index in [9.17, 15) is 4.79 Å². The van der Waals surface area contributed by atoms with Crippen molar-refractivity contribution in [3.8, 4) is 5.75 Å². The molecule has 2 aromatic heterocycles. The van der Waals surface area contributed by atoms with Crippen LogP contribution in [0.25, 0.3) is 0 Å². The number of hydrogen-bond acceptors (Lipinski definition) is 6. The molecule has 0 aliphatic rings. The largest absolute Gasteiger partial charge is 0.492 e. The van der Waals surface area contributed by atoms with Gasteiger partial charge in [0.2, 0.25) is 0 Å². The third-order valence-electron chi connectivity index (χ3n) is 4.79. The van der Waals surface area contributed by atoms with Crippen LogP contribution in [0.4, 0.5) is 17.3 Å². The standard InChI is InChI=1S/C24H28N4O3/c1-27(2)22-14-11-20(18-26-22)28(23-7-3-4-15-25-23)16-17-31-21-12-9-19(10-13-21)6-5-8-24(29)30/h3-4,7,9-15,18H,5-6,8,16-17H2,1-2H3,(H,29,30). The van der Waals surface area contributed by atoms with E-state index in [1.807, 2.05) is 79.8 Å². The molecule has 0 aliphatic carbocycles. The number of benzene rings is 1. The summed E-state index contributed by atoms with van der Waals surface area (Å²) in [4.78, 5) is 23.7. The SMILES string of the molecule is CN(C)c1ccc(N(CCOc2ccc(CCCC(=O)O)cc2)c2ccccn2)cn1. The molecular weight excluding hydrogens is 392 g/mol. The first-order valence-electron chi connectivity index (χ1n) is 10.3. The van der Waals surface area contributed by atoms with Crippen LogP contribution in [-0.4, -0.2) is 48.3 Å². The van der Waals surface area contributed by atoms with Crippen LogP contribution < -0.4 is 14.5 Å². The lowest BCUT2D eigenvalue weighted by atomic mass is 10.1. The first kappa shape index (κ1) is 22.1. The Balaban J connectivity index is 1.61. The molecule has 0 bridgehead atoms. The van der Waals surface area contributed by atoms with Crippen LogP contribution in [0.1, 0.15) is 18.4 Å². The Kier molecular flexibility index (Phi) is 7.81. The zero-order valence-corrected chi connectivity index (χ0v) is 17.9. The summed E-state index contributed by atoms with van der Waals surface area (Å²) in [6, 6.07) is 17.6. The second kappa shape index (κ2) is 11.0. The fraction of sp³-hybridized carbons (Fsp3) is 0.292. The summed E-state index contributed by atoms with van der Waals surface area (Å²) in [5.41, 5.74) is 2.05. The molecule has 0 saturated heterocycles. The number of carbonyl (C=O) groups is 1. The minimum Gasteiger partial charge on any atom is -0.492 e. The average molecular weight is 421 g/mol. The molecule has 3 rings (SSSR count). The lowest BCUT2D eigenvalue weighted by Crippen LogP contribution is -2.24. The quantitative estimate of drug-likeness (QED) is 0.499. The minimum absolute atomic E-state index is 0.186. The van der Waals surface area contributed by atoms with Crippen LogP contribution in [0, 0.1) is 0 Å². The minimum atomic E-state index is -0.760. The third kappa shape index (κ3) is 6.70. The van der Waals surface area contributed by atoms with Crippen molar-refractivity contribution in [2.45, 2.75) is 19.3 Å². The number of hydrogen-bond donors (Lipinski definition) is 1. The summed E-state index contributed by atoms with van der Waals surface area (Å²) < 4.78 is 5.95. The highest BCUT2D eigenvalue weighted by Gasteiger charge is 2.12. The van der Waals surface area contributed by atoms with Gasteiger partial charge in [0.15, 0.2) is 0 Å². The summed E-state index contributed by atoms with van der Waals surface area (Å²) in [6.07, 6.45) is 5.18. The van der Waals surface area contributed by atoms with E-state index in [4.69, 9.17) is 9.84 Å². The van der Waals surface area contributed by atoms with Crippen LogP contribution in [0.5, 0.6) is 5.75 Å². The van der Waals surface area contributed by atoms with Crippen molar-refractivity contribution in [3.05, 3.63) is 72.6 Å². The van der Waals surface area contributed by atoms with Gasteiger partial charge < -0.3 is 19.6 Å². The molecule has 7 heteroatoms. The van der Waals surface area contributed by atoms with E-state index in [0.29, 0.717) is 19.6 Å². The van der Waals surface area contributed by atoms with Gasteiger partial charge in [-0.15, -0.1) is 0 Å². The van der Waals surface area contributed by atoms with E-state index in [-0.39, 0.29) is 6.42 Å². The fourth-order valence-electron chi connectivity index (χ4n) is 3.14. The molecule has 0 spiro atoms. The summed E-state index contributed by atoms with van der Waals surface area (Å²) >= 11 is 0. The number of aryl methyl sites for hydroxylation is 1. The van der Waals surface area contributed by atoms with Gasteiger partial charge in [-0.05, 0) is 54.8 Å². The molecule has 2 heterocycles. The second-order valence-electron chi connectivity index (χ2n) is 7.35. The van der Waals surface area contributed by atoms with Crippen molar-refractivity contribution in [2.75, 3.05) is 37.0 Å². The summed E-state index contributed by atoms with van der Waals surface area (Å²) in [5.74, 6) is 1.75. The Labute approximate surface area is 182 Å². The normalized spacial score (nSPS) is 10.5. The third-order valence-corrected chi connectivity index (χ3v) is 4.79. The van der Waals surface area contributed by atoms with Crippen molar-refractivity contribution >= 4 is 23.3 Å². The van der Waals surface area contributed by atoms with Crippen LogP contribution in [0.2, 0.25) is 0 Å². The summed E-state index contributed by atoms with van der Waals surface area (Å²) in [5, 5.41) is 8.75. The molecular formula is C24H28N4O3. The first-order valence-corrected chi connectivity index (χ1v) is 10.3. The van der Waals surface area contributed by atoms with Gasteiger partial charge in [-0.25, -0.2) is 9.97 Å². The van der Waals surface area contributed by atoms with Crippen LogP contribution in [0.3, 0.4) is 0 Å².